The molecule has 0 saturated heterocycles. The van der Waals surface area contributed by atoms with Crippen LogP contribution in [-0.4, -0.2) is 28.4 Å². The molecule has 2 atom stereocenters. The van der Waals surface area contributed by atoms with Gasteiger partial charge in [0.05, 0.1) is 0 Å². The zero-order valence-electron chi connectivity index (χ0n) is 7.25. The van der Waals surface area contributed by atoms with Crippen molar-refractivity contribution >= 4 is 15.9 Å². The van der Waals surface area contributed by atoms with Gasteiger partial charge in [0.15, 0.2) is 0 Å². The van der Waals surface area contributed by atoms with Crippen LogP contribution in [0, 0.1) is 0 Å². The van der Waals surface area contributed by atoms with Crippen molar-refractivity contribution in [2.45, 2.75) is 37.3 Å². The number of hydrogen-bond donors (Lipinski definition) is 0. The summed E-state index contributed by atoms with van der Waals surface area (Å²) in [6.45, 7) is 2.07. The van der Waals surface area contributed by atoms with E-state index in [4.69, 9.17) is 0 Å². The molecule has 0 aromatic carbocycles. The average Bonchev–Trinajstić information content (AvgIpc) is 1.79. The van der Waals surface area contributed by atoms with Gasteiger partial charge in [-0.3, -0.25) is 0 Å². The Morgan fingerprint density at radius 1 is 0.929 bits per heavy atom. The van der Waals surface area contributed by atoms with Gasteiger partial charge in [-0.25, -0.2) is 0 Å². The van der Waals surface area contributed by atoms with Crippen LogP contribution in [0.2, 0.25) is 0 Å². The van der Waals surface area contributed by atoms with Gasteiger partial charge in [0.1, 0.15) is 0 Å². The first-order valence-corrected chi connectivity index (χ1v) is 4.46. The fraction of sp³-hybridized carbons (Fsp3) is 1.00. The van der Waals surface area contributed by atoms with Crippen molar-refractivity contribution in [3.05, 3.63) is 0 Å². The van der Waals surface area contributed by atoms with E-state index in [0.29, 0.717) is 0 Å². The molecule has 0 unspecified atom stereocenters. The Hall–Kier alpha value is 0.0200. The SMILES string of the molecule is C[C@H](Br)[C@H](C)N(C(F)(F)F)C(F)(F)F. The van der Waals surface area contributed by atoms with Crippen molar-refractivity contribution in [2.75, 3.05) is 0 Å². The average molecular weight is 288 g/mol. The van der Waals surface area contributed by atoms with Crippen LogP contribution in [0.3, 0.4) is 0 Å². The number of rotatable bonds is 2. The molecule has 0 N–H and O–H groups in total. The van der Waals surface area contributed by atoms with Gasteiger partial charge in [-0.05, 0) is 6.92 Å². The van der Waals surface area contributed by atoms with E-state index in [1.807, 2.05) is 0 Å². The van der Waals surface area contributed by atoms with E-state index in [9.17, 15) is 26.3 Å². The van der Waals surface area contributed by atoms with Crippen LogP contribution < -0.4 is 0 Å². The minimum Gasteiger partial charge on any atom is -0.155 e. The molecule has 0 aromatic rings. The molecule has 8 heteroatoms. The van der Waals surface area contributed by atoms with Gasteiger partial charge >= 0.3 is 12.6 Å². The molecular formula is C6H8BrF6N. The fourth-order valence-corrected chi connectivity index (χ4v) is 1.05. The maximum atomic E-state index is 12.0. The highest BCUT2D eigenvalue weighted by molar-refractivity contribution is 9.09. The highest BCUT2D eigenvalue weighted by Crippen LogP contribution is 2.37. The summed E-state index contributed by atoms with van der Waals surface area (Å²) in [7, 11) is 0. The van der Waals surface area contributed by atoms with Gasteiger partial charge in [0.2, 0.25) is 0 Å². The molecule has 0 bridgehead atoms. The van der Waals surface area contributed by atoms with Crippen LogP contribution in [0.5, 0.6) is 0 Å². The molecule has 0 radical (unpaired) electrons. The van der Waals surface area contributed by atoms with Gasteiger partial charge < -0.3 is 0 Å². The third-order valence-corrected chi connectivity index (χ3v) is 2.38. The Bertz CT molecular complexity index is 172. The molecule has 0 aliphatic carbocycles. The van der Waals surface area contributed by atoms with Crippen molar-refractivity contribution in [3.63, 3.8) is 0 Å². The lowest BCUT2D eigenvalue weighted by atomic mass is 10.2. The molecule has 0 aliphatic heterocycles. The number of halogens is 7. The Morgan fingerprint density at radius 2 is 1.21 bits per heavy atom. The standard InChI is InChI=1S/C6H8BrF6N/c1-3(7)4(2)14(5(8,9)10)6(11,12)13/h3-4H,1-2H3/t3-,4-/m0/s1. The lowest BCUT2D eigenvalue weighted by Crippen LogP contribution is -2.55. The molecule has 0 spiro atoms. The van der Waals surface area contributed by atoms with E-state index >= 15 is 0 Å². The summed E-state index contributed by atoms with van der Waals surface area (Å²) >= 11 is 2.68. The lowest BCUT2D eigenvalue weighted by Gasteiger charge is -2.33. The van der Waals surface area contributed by atoms with Crippen LogP contribution in [0.15, 0.2) is 0 Å². The predicted octanol–water partition coefficient (Wildman–Crippen LogP) is 3.50. The molecule has 14 heavy (non-hydrogen) atoms. The van der Waals surface area contributed by atoms with E-state index < -0.39 is 28.4 Å². The van der Waals surface area contributed by atoms with E-state index in [1.165, 1.54) is 6.92 Å². The number of hydrogen-bond acceptors (Lipinski definition) is 1. The highest BCUT2D eigenvalue weighted by atomic mass is 79.9. The summed E-state index contributed by atoms with van der Waals surface area (Å²) < 4.78 is 72.1. The zero-order valence-corrected chi connectivity index (χ0v) is 8.83. The highest BCUT2D eigenvalue weighted by Gasteiger charge is 2.56. The van der Waals surface area contributed by atoms with Crippen LogP contribution in [0.1, 0.15) is 13.8 Å². The smallest absolute Gasteiger partial charge is 0.155 e. The first kappa shape index (κ1) is 14.0. The Kier molecular flexibility index (Phi) is 4.26. The summed E-state index contributed by atoms with van der Waals surface area (Å²) in [4.78, 5) is -2.36. The summed E-state index contributed by atoms with van der Waals surface area (Å²) in [5, 5.41) is 0. The molecule has 0 heterocycles. The molecule has 86 valence electrons. The van der Waals surface area contributed by atoms with Crippen molar-refractivity contribution in [3.8, 4) is 0 Å². The first-order valence-electron chi connectivity index (χ1n) is 3.55. The molecule has 0 amide bonds. The predicted molar refractivity (Wildman–Crippen MR) is 41.8 cm³/mol. The second-order valence-electron chi connectivity index (χ2n) is 2.72. The Morgan fingerprint density at radius 3 is 1.29 bits per heavy atom. The van der Waals surface area contributed by atoms with Gasteiger partial charge in [-0.2, -0.15) is 26.3 Å². The van der Waals surface area contributed by atoms with Crippen molar-refractivity contribution in [1.29, 1.82) is 0 Å². The normalized spacial score (nSPS) is 18.4. The summed E-state index contributed by atoms with van der Waals surface area (Å²) in [5.41, 5.74) is 0. The first-order chi connectivity index (χ1) is 5.98. The second-order valence-corrected chi connectivity index (χ2v) is 4.17. The molecule has 0 aromatic heterocycles. The van der Waals surface area contributed by atoms with Crippen molar-refractivity contribution in [2.24, 2.45) is 0 Å². The molecule has 0 fully saturated rings. The fourth-order valence-electron chi connectivity index (χ4n) is 0.811. The Labute approximate surface area is 85.2 Å². The van der Waals surface area contributed by atoms with Crippen LogP contribution in [-0.2, 0) is 0 Å². The summed E-state index contributed by atoms with van der Waals surface area (Å²) in [5.74, 6) is 0. The van der Waals surface area contributed by atoms with Crippen molar-refractivity contribution in [1.82, 2.24) is 4.90 Å². The van der Waals surface area contributed by atoms with E-state index in [2.05, 4.69) is 15.9 Å². The van der Waals surface area contributed by atoms with Crippen LogP contribution in [0.4, 0.5) is 26.3 Å². The van der Waals surface area contributed by atoms with Gasteiger partial charge in [0.25, 0.3) is 0 Å². The molecule has 1 nitrogen and oxygen atoms in total. The molecule has 0 aliphatic rings. The minimum atomic E-state index is -5.42. The third-order valence-electron chi connectivity index (χ3n) is 1.62. The van der Waals surface area contributed by atoms with Gasteiger partial charge in [-0.15, -0.1) is 4.90 Å². The topological polar surface area (TPSA) is 3.24 Å². The molecule has 0 rings (SSSR count). The van der Waals surface area contributed by atoms with Gasteiger partial charge in [-0.1, -0.05) is 22.9 Å². The Balaban J connectivity index is 4.94. The van der Waals surface area contributed by atoms with E-state index in [0.717, 1.165) is 6.92 Å². The number of alkyl halides is 7. The van der Waals surface area contributed by atoms with Crippen LogP contribution >= 0.6 is 15.9 Å². The molecule has 0 saturated carbocycles. The summed E-state index contributed by atoms with van der Waals surface area (Å²) in [6.07, 6.45) is -10.8. The summed E-state index contributed by atoms with van der Waals surface area (Å²) in [6, 6.07) is -1.71. The third kappa shape index (κ3) is 3.64. The lowest BCUT2D eigenvalue weighted by molar-refractivity contribution is -0.383. The maximum Gasteiger partial charge on any atom is 0.467 e. The van der Waals surface area contributed by atoms with Crippen LogP contribution in [0.25, 0.3) is 0 Å². The quantitative estimate of drug-likeness (QED) is 0.427. The van der Waals surface area contributed by atoms with E-state index in [1.54, 1.807) is 0 Å². The van der Waals surface area contributed by atoms with Gasteiger partial charge in [0, 0.05) is 10.9 Å². The monoisotopic (exact) mass is 287 g/mol. The minimum absolute atomic E-state index is 0.848. The van der Waals surface area contributed by atoms with Crippen molar-refractivity contribution < 1.29 is 26.3 Å². The number of nitrogens with zero attached hydrogens (tertiary/aromatic N) is 1. The maximum absolute atomic E-state index is 12.0. The largest absolute Gasteiger partial charge is 0.467 e. The van der Waals surface area contributed by atoms with E-state index in [-0.39, 0.29) is 0 Å². The zero-order chi connectivity index (χ0) is 11.7. The molecular weight excluding hydrogens is 280 g/mol. The second kappa shape index (κ2) is 4.26.